The van der Waals surface area contributed by atoms with Crippen LogP contribution in [0.3, 0.4) is 0 Å². The molecule has 0 fully saturated rings. The molecule has 3 aromatic rings. The number of nitrogens with two attached hydrogens (primary N) is 1. The molecule has 0 radical (unpaired) electrons. The summed E-state index contributed by atoms with van der Waals surface area (Å²) >= 11 is 5.89. The van der Waals surface area contributed by atoms with E-state index in [2.05, 4.69) is 10.1 Å². The van der Waals surface area contributed by atoms with E-state index in [1.165, 1.54) is 0 Å². The standard InChI is InChI=1S/C12H9ClN4O/c13-8-1-2-9(14)10(7-8)18-12-4-6-17-11(16-12)3-5-15-17/h1-7H,14H2. The van der Waals surface area contributed by atoms with E-state index in [0.29, 0.717) is 28.0 Å². The SMILES string of the molecule is Nc1ccc(Cl)cc1Oc1ccn2nccc2n1. The monoisotopic (exact) mass is 260 g/mol. The van der Waals surface area contributed by atoms with Crippen molar-refractivity contribution in [2.45, 2.75) is 0 Å². The van der Waals surface area contributed by atoms with Gasteiger partial charge >= 0.3 is 0 Å². The first-order valence-corrected chi connectivity index (χ1v) is 5.63. The topological polar surface area (TPSA) is 65.4 Å². The van der Waals surface area contributed by atoms with Crippen molar-refractivity contribution in [2.75, 3.05) is 5.73 Å². The van der Waals surface area contributed by atoms with Gasteiger partial charge < -0.3 is 10.5 Å². The zero-order chi connectivity index (χ0) is 12.5. The van der Waals surface area contributed by atoms with Crippen LogP contribution in [0.5, 0.6) is 11.6 Å². The molecule has 3 rings (SSSR count). The Balaban J connectivity index is 1.97. The lowest BCUT2D eigenvalue weighted by Crippen LogP contribution is -1.95. The molecule has 18 heavy (non-hydrogen) atoms. The lowest BCUT2D eigenvalue weighted by atomic mass is 10.3. The molecule has 0 bridgehead atoms. The van der Waals surface area contributed by atoms with E-state index < -0.39 is 0 Å². The van der Waals surface area contributed by atoms with E-state index in [0.717, 1.165) is 0 Å². The number of aromatic nitrogens is 3. The molecule has 2 aromatic heterocycles. The van der Waals surface area contributed by atoms with Gasteiger partial charge in [-0.2, -0.15) is 10.1 Å². The third-order valence-corrected chi connectivity index (χ3v) is 2.66. The highest BCUT2D eigenvalue weighted by molar-refractivity contribution is 6.30. The highest BCUT2D eigenvalue weighted by atomic mass is 35.5. The average molecular weight is 261 g/mol. The number of benzene rings is 1. The Bertz CT molecular complexity index is 710. The van der Waals surface area contributed by atoms with Crippen LogP contribution in [0.2, 0.25) is 5.02 Å². The highest BCUT2D eigenvalue weighted by Gasteiger charge is 2.05. The Morgan fingerprint density at radius 1 is 1.22 bits per heavy atom. The van der Waals surface area contributed by atoms with E-state index >= 15 is 0 Å². The molecule has 2 N–H and O–H groups in total. The predicted molar refractivity (Wildman–Crippen MR) is 68.9 cm³/mol. The molecule has 0 saturated carbocycles. The fourth-order valence-electron chi connectivity index (χ4n) is 1.56. The van der Waals surface area contributed by atoms with Gasteiger partial charge in [-0.15, -0.1) is 0 Å². The Hall–Kier alpha value is -2.27. The molecule has 0 saturated heterocycles. The van der Waals surface area contributed by atoms with Crippen molar-refractivity contribution in [3.8, 4) is 11.6 Å². The van der Waals surface area contributed by atoms with Gasteiger partial charge in [0.15, 0.2) is 11.4 Å². The second-order valence-electron chi connectivity index (χ2n) is 3.68. The number of nitrogens with zero attached hydrogens (tertiary/aromatic N) is 3. The predicted octanol–water partition coefficient (Wildman–Crippen LogP) is 2.76. The Morgan fingerprint density at radius 3 is 3.00 bits per heavy atom. The number of hydrogen-bond donors (Lipinski definition) is 1. The van der Waals surface area contributed by atoms with Gasteiger partial charge in [-0.05, 0) is 12.1 Å². The molecular formula is C12H9ClN4O. The quantitative estimate of drug-likeness (QED) is 0.720. The summed E-state index contributed by atoms with van der Waals surface area (Å²) in [5.74, 6) is 0.927. The van der Waals surface area contributed by atoms with Crippen LogP contribution >= 0.6 is 11.6 Å². The molecule has 6 heteroatoms. The minimum atomic E-state index is 0.442. The van der Waals surface area contributed by atoms with E-state index in [4.69, 9.17) is 22.1 Å². The lowest BCUT2D eigenvalue weighted by molar-refractivity contribution is 0.465. The molecule has 0 aliphatic carbocycles. The molecule has 0 aliphatic rings. The average Bonchev–Trinajstić information content (AvgIpc) is 2.81. The van der Waals surface area contributed by atoms with Crippen LogP contribution in [0.4, 0.5) is 5.69 Å². The Labute approximate surface area is 108 Å². The van der Waals surface area contributed by atoms with Gasteiger partial charge in [0.05, 0.1) is 11.9 Å². The van der Waals surface area contributed by atoms with Crippen LogP contribution in [-0.2, 0) is 0 Å². The molecule has 1 aromatic carbocycles. The Morgan fingerprint density at radius 2 is 2.11 bits per heavy atom. The van der Waals surface area contributed by atoms with Gasteiger partial charge in [0.25, 0.3) is 0 Å². The summed E-state index contributed by atoms with van der Waals surface area (Å²) in [6, 6.07) is 8.54. The van der Waals surface area contributed by atoms with E-state index in [1.54, 1.807) is 47.2 Å². The van der Waals surface area contributed by atoms with Crippen LogP contribution in [0.1, 0.15) is 0 Å². The Kier molecular flexibility index (Phi) is 2.53. The summed E-state index contributed by atoms with van der Waals surface area (Å²) in [4.78, 5) is 4.28. The number of halogens is 1. The maximum absolute atomic E-state index is 5.89. The summed E-state index contributed by atoms with van der Waals surface area (Å²) in [7, 11) is 0. The first-order chi connectivity index (χ1) is 8.72. The summed E-state index contributed by atoms with van der Waals surface area (Å²) in [6.07, 6.45) is 3.43. The smallest absolute Gasteiger partial charge is 0.222 e. The zero-order valence-electron chi connectivity index (χ0n) is 9.25. The second-order valence-corrected chi connectivity index (χ2v) is 4.12. The minimum Gasteiger partial charge on any atom is -0.437 e. The molecule has 0 unspecified atom stereocenters. The summed E-state index contributed by atoms with van der Waals surface area (Å²) in [5, 5.41) is 4.61. The van der Waals surface area contributed by atoms with Gasteiger partial charge in [-0.3, -0.25) is 0 Å². The maximum Gasteiger partial charge on any atom is 0.222 e. The maximum atomic E-state index is 5.89. The zero-order valence-corrected chi connectivity index (χ0v) is 10.0. The van der Waals surface area contributed by atoms with E-state index in [1.807, 2.05) is 0 Å². The lowest BCUT2D eigenvalue weighted by Gasteiger charge is -2.07. The summed E-state index contributed by atoms with van der Waals surface area (Å²) in [5.41, 5.74) is 7.01. The number of hydrogen-bond acceptors (Lipinski definition) is 4. The van der Waals surface area contributed by atoms with Crippen molar-refractivity contribution in [1.29, 1.82) is 0 Å². The number of rotatable bonds is 2. The van der Waals surface area contributed by atoms with Crippen molar-refractivity contribution in [1.82, 2.24) is 14.6 Å². The van der Waals surface area contributed by atoms with Gasteiger partial charge in [0, 0.05) is 29.4 Å². The van der Waals surface area contributed by atoms with Gasteiger partial charge in [0.1, 0.15) is 0 Å². The number of anilines is 1. The fraction of sp³-hybridized carbons (Fsp3) is 0. The van der Waals surface area contributed by atoms with Crippen LogP contribution in [-0.4, -0.2) is 14.6 Å². The van der Waals surface area contributed by atoms with Crippen molar-refractivity contribution < 1.29 is 4.74 Å². The van der Waals surface area contributed by atoms with Gasteiger partial charge in [-0.1, -0.05) is 11.6 Å². The van der Waals surface area contributed by atoms with Crippen LogP contribution in [0.15, 0.2) is 42.7 Å². The van der Waals surface area contributed by atoms with Crippen molar-refractivity contribution in [3.05, 3.63) is 47.7 Å². The first kappa shape index (κ1) is 10.9. The summed E-state index contributed by atoms with van der Waals surface area (Å²) < 4.78 is 7.25. The minimum absolute atomic E-state index is 0.442. The first-order valence-electron chi connectivity index (χ1n) is 5.26. The largest absolute Gasteiger partial charge is 0.437 e. The summed E-state index contributed by atoms with van der Waals surface area (Å²) in [6.45, 7) is 0. The molecule has 0 atom stereocenters. The molecule has 2 heterocycles. The third kappa shape index (κ3) is 1.96. The highest BCUT2D eigenvalue weighted by Crippen LogP contribution is 2.29. The third-order valence-electron chi connectivity index (χ3n) is 2.42. The van der Waals surface area contributed by atoms with Gasteiger partial charge in [-0.25, -0.2) is 4.52 Å². The molecule has 0 aliphatic heterocycles. The van der Waals surface area contributed by atoms with Crippen molar-refractivity contribution >= 4 is 22.9 Å². The van der Waals surface area contributed by atoms with E-state index in [-0.39, 0.29) is 0 Å². The number of ether oxygens (including phenoxy) is 1. The fourth-order valence-corrected chi connectivity index (χ4v) is 1.72. The molecular weight excluding hydrogens is 252 g/mol. The second kappa shape index (κ2) is 4.19. The van der Waals surface area contributed by atoms with Crippen LogP contribution in [0.25, 0.3) is 5.65 Å². The molecule has 5 nitrogen and oxygen atoms in total. The number of nitrogen functional groups attached to an aromatic ring is 1. The normalized spacial score (nSPS) is 10.7. The molecule has 0 spiro atoms. The van der Waals surface area contributed by atoms with E-state index in [9.17, 15) is 0 Å². The molecule has 90 valence electrons. The van der Waals surface area contributed by atoms with Crippen molar-refractivity contribution in [2.24, 2.45) is 0 Å². The van der Waals surface area contributed by atoms with Crippen LogP contribution in [0, 0.1) is 0 Å². The number of fused-ring (bicyclic) bond motifs is 1. The molecule has 0 amide bonds. The van der Waals surface area contributed by atoms with Crippen LogP contribution < -0.4 is 10.5 Å². The van der Waals surface area contributed by atoms with Crippen molar-refractivity contribution in [3.63, 3.8) is 0 Å². The van der Waals surface area contributed by atoms with Gasteiger partial charge in [0.2, 0.25) is 5.88 Å².